The molecule has 128 valence electrons. The largest absolute Gasteiger partial charge is 0.465 e. The van der Waals surface area contributed by atoms with Crippen LogP contribution in [0.4, 0.5) is 10.6 Å². The number of nitrogens with zero attached hydrogens (tertiary/aromatic N) is 4. The number of H-pyrrole nitrogens is 1. The Morgan fingerprint density at radius 1 is 1.12 bits per heavy atom. The van der Waals surface area contributed by atoms with Crippen LogP contribution in [-0.4, -0.2) is 57.2 Å². The lowest BCUT2D eigenvalue weighted by Gasteiger charge is -2.34. The summed E-state index contributed by atoms with van der Waals surface area (Å²) in [5.74, 6) is 0.797. The summed E-state index contributed by atoms with van der Waals surface area (Å²) in [5, 5.41) is 10.7. The predicted octanol–water partition coefficient (Wildman–Crippen LogP) is 3.08. The Hall–Kier alpha value is -2.80. The standard InChI is InChI=1S/C17H16ClN5O2/c18-13-4-2-1-3-11(13)12-9-19-15-14(12)16(21-10-20-15)22-5-7-23(8-6-22)17(24)25/h1-4,9-10H,5-8H2,(H,24,25)(H,19,20,21). The summed E-state index contributed by atoms with van der Waals surface area (Å²) in [6.07, 6.45) is 2.52. The number of hydrogen-bond acceptors (Lipinski definition) is 4. The van der Waals surface area contributed by atoms with E-state index in [1.54, 1.807) is 0 Å². The highest BCUT2D eigenvalue weighted by Crippen LogP contribution is 2.37. The molecule has 0 bridgehead atoms. The molecule has 4 rings (SSSR count). The first-order valence-electron chi connectivity index (χ1n) is 7.95. The van der Waals surface area contributed by atoms with Crippen molar-refractivity contribution in [2.45, 2.75) is 0 Å². The average molecular weight is 358 g/mol. The maximum Gasteiger partial charge on any atom is 0.407 e. The summed E-state index contributed by atoms with van der Waals surface area (Å²) in [7, 11) is 0. The Bertz CT molecular complexity index is 934. The molecule has 1 fully saturated rings. The molecular formula is C17H16ClN5O2. The highest BCUT2D eigenvalue weighted by molar-refractivity contribution is 6.33. The molecule has 0 saturated carbocycles. The second kappa shape index (κ2) is 6.25. The number of nitrogens with one attached hydrogen (secondary N) is 1. The summed E-state index contributed by atoms with van der Waals surface area (Å²) in [5.41, 5.74) is 2.59. The van der Waals surface area contributed by atoms with Crippen molar-refractivity contribution in [1.82, 2.24) is 19.9 Å². The Balaban J connectivity index is 1.77. The van der Waals surface area contributed by atoms with Gasteiger partial charge in [-0.05, 0) is 6.07 Å². The van der Waals surface area contributed by atoms with E-state index >= 15 is 0 Å². The smallest absolute Gasteiger partial charge is 0.407 e. The molecule has 1 aromatic carbocycles. The number of carboxylic acid groups (broad SMARTS) is 1. The van der Waals surface area contributed by atoms with Gasteiger partial charge in [0, 0.05) is 48.5 Å². The third kappa shape index (κ3) is 2.76. The number of amides is 1. The summed E-state index contributed by atoms with van der Waals surface area (Å²) in [6.45, 7) is 2.08. The van der Waals surface area contributed by atoms with Crippen LogP contribution < -0.4 is 4.90 Å². The number of hydrogen-bond donors (Lipinski definition) is 2. The van der Waals surface area contributed by atoms with Gasteiger partial charge in [0.15, 0.2) is 0 Å². The molecule has 1 aliphatic heterocycles. The second-order valence-corrected chi connectivity index (χ2v) is 6.27. The van der Waals surface area contributed by atoms with Gasteiger partial charge in [-0.3, -0.25) is 0 Å². The number of aromatic amines is 1. The molecule has 3 aromatic rings. The first kappa shape index (κ1) is 15.7. The third-order valence-corrected chi connectivity index (χ3v) is 4.79. The summed E-state index contributed by atoms with van der Waals surface area (Å²) >= 11 is 6.37. The van der Waals surface area contributed by atoms with E-state index in [-0.39, 0.29) is 0 Å². The van der Waals surface area contributed by atoms with Crippen LogP contribution in [-0.2, 0) is 0 Å². The number of benzene rings is 1. The zero-order valence-corrected chi connectivity index (χ0v) is 14.1. The Labute approximate surface area is 148 Å². The van der Waals surface area contributed by atoms with Crippen molar-refractivity contribution in [3.63, 3.8) is 0 Å². The zero-order chi connectivity index (χ0) is 17.4. The van der Waals surface area contributed by atoms with Gasteiger partial charge >= 0.3 is 6.09 Å². The molecule has 2 aromatic heterocycles. The minimum atomic E-state index is -0.883. The highest BCUT2D eigenvalue weighted by Gasteiger charge is 2.24. The maximum absolute atomic E-state index is 11.1. The topological polar surface area (TPSA) is 85.3 Å². The lowest BCUT2D eigenvalue weighted by Crippen LogP contribution is -2.48. The normalized spacial score (nSPS) is 14.9. The quantitative estimate of drug-likeness (QED) is 0.736. The monoisotopic (exact) mass is 357 g/mol. The number of rotatable bonds is 2. The van der Waals surface area contributed by atoms with Crippen LogP contribution in [0, 0.1) is 0 Å². The highest BCUT2D eigenvalue weighted by atomic mass is 35.5. The fourth-order valence-corrected chi connectivity index (χ4v) is 3.43. The van der Waals surface area contributed by atoms with Crippen LogP contribution in [0.25, 0.3) is 22.2 Å². The fourth-order valence-electron chi connectivity index (χ4n) is 3.19. The molecule has 7 nitrogen and oxygen atoms in total. The number of anilines is 1. The molecule has 0 spiro atoms. The SMILES string of the molecule is O=C(O)N1CCN(c2ncnc3[nH]cc(-c4ccccc4Cl)c23)CC1. The van der Waals surface area contributed by atoms with E-state index in [4.69, 9.17) is 16.7 Å². The number of piperazine rings is 1. The average Bonchev–Trinajstić information content (AvgIpc) is 3.06. The molecule has 8 heteroatoms. The zero-order valence-electron chi connectivity index (χ0n) is 13.3. The second-order valence-electron chi connectivity index (χ2n) is 5.86. The predicted molar refractivity (Wildman–Crippen MR) is 96.1 cm³/mol. The Kier molecular flexibility index (Phi) is 3.93. The molecular weight excluding hydrogens is 342 g/mol. The minimum absolute atomic E-state index is 0.451. The van der Waals surface area contributed by atoms with Crippen LogP contribution in [0.5, 0.6) is 0 Å². The van der Waals surface area contributed by atoms with E-state index in [0.717, 1.165) is 28.0 Å². The van der Waals surface area contributed by atoms with Crippen molar-refractivity contribution in [3.8, 4) is 11.1 Å². The van der Waals surface area contributed by atoms with Crippen molar-refractivity contribution in [2.24, 2.45) is 0 Å². The van der Waals surface area contributed by atoms with Crippen LogP contribution in [0.1, 0.15) is 0 Å². The Morgan fingerprint density at radius 2 is 1.88 bits per heavy atom. The van der Waals surface area contributed by atoms with Crippen LogP contribution >= 0.6 is 11.6 Å². The minimum Gasteiger partial charge on any atom is -0.465 e. The molecule has 0 atom stereocenters. The lowest BCUT2D eigenvalue weighted by atomic mass is 10.1. The van der Waals surface area contributed by atoms with Crippen LogP contribution in [0.3, 0.4) is 0 Å². The molecule has 1 aliphatic rings. The van der Waals surface area contributed by atoms with Crippen molar-refractivity contribution in [1.29, 1.82) is 0 Å². The first-order valence-corrected chi connectivity index (χ1v) is 8.33. The number of carbonyl (C=O) groups is 1. The molecule has 25 heavy (non-hydrogen) atoms. The van der Waals surface area contributed by atoms with Crippen LogP contribution in [0.15, 0.2) is 36.8 Å². The van der Waals surface area contributed by atoms with E-state index in [0.29, 0.717) is 31.2 Å². The van der Waals surface area contributed by atoms with E-state index in [2.05, 4.69) is 19.9 Å². The van der Waals surface area contributed by atoms with Gasteiger partial charge in [0.2, 0.25) is 0 Å². The van der Waals surface area contributed by atoms with Crippen LogP contribution in [0.2, 0.25) is 5.02 Å². The lowest BCUT2D eigenvalue weighted by molar-refractivity contribution is 0.142. The van der Waals surface area contributed by atoms with E-state index in [9.17, 15) is 4.79 Å². The molecule has 1 saturated heterocycles. The van der Waals surface area contributed by atoms with Gasteiger partial charge in [0.1, 0.15) is 17.8 Å². The van der Waals surface area contributed by atoms with Crippen molar-refractivity contribution in [3.05, 3.63) is 41.8 Å². The molecule has 0 radical (unpaired) electrons. The third-order valence-electron chi connectivity index (χ3n) is 4.46. The van der Waals surface area contributed by atoms with Crippen molar-refractivity contribution < 1.29 is 9.90 Å². The number of aromatic nitrogens is 3. The summed E-state index contributed by atoms with van der Waals surface area (Å²) in [4.78, 5) is 26.6. The van der Waals surface area contributed by atoms with E-state index in [1.165, 1.54) is 11.2 Å². The van der Waals surface area contributed by atoms with Crippen molar-refractivity contribution >= 4 is 34.5 Å². The molecule has 0 unspecified atom stereocenters. The molecule has 3 heterocycles. The molecule has 1 amide bonds. The molecule has 2 N–H and O–H groups in total. The van der Waals surface area contributed by atoms with Gasteiger partial charge < -0.3 is 19.9 Å². The van der Waals surface area contributed by atoms with Gasteiger partial charge in [0.25, 0.3) is 0 Å². The van der Waals surface area contributed by atoms with Gasteiger partial charge in [0.05, 0.1) is 5.39 Å². The summed E-state index contributed by atoms with van der Waals surface area (Å²) < 4.78 is 0. The van der Waals surface area contributed by atoms with Gasteiger partial charge in [-0.1, -0.05) is 29.8 Å². The summed E-state index contributed by atoms with van der Waals surface area (Å²) in [6, 6.07) is 7.65. The fraction of sp³-hybridized carbons (Fsp3) is 0.235. The van der Waals surface area contributed by atoms with E-state index in [1.807, 2.05) is 30.5 Å². The molecule has 0 aliphatic carbocycles. The number of fused-ring (bicyclic) bond motifs is 1. The first-order chi connectivity index (χ1) is 12.1. The van der Waals surface area contributed by atoms with E-state index < -0.39 is 6.09 Å². The van der Waals surface area contributed by atoms with Gasteiger partial charge in [-0.2, -0.15) is 0 Å². The maximum atomic E-state index is 11.1. The van der Waals surface area contributed by atoms with Crippen molar-refractivity contribution in [2.75, 3.05) is 31.1 Å². The Morgan fingerprint density at radius 3 is 2.60 bits per heavy atom. The van der Waals surface area contributed by atoms with Gasteiger partial charge in [-0.25, -0.2) is 14.8 Å². The number of halogens is 1. The van der Waals surface area contributed by atoms with Gasteiger partial charge in [-0.15, -0.1) is 0 Å².